The Balaban J connectivity index is 2.23. The van der Waals surface area contributed by atoms with Gasteiger partial charge in [0, 0.05) is 22.2 Å². The summed E-state index contributed by atoms with van der Waals surface area (Å²) >= 11 is 1.92. The molecule has 1 atom stereocenters. The Kier molecular flexibility index (Phi) is 3.79. The highest BCUT2D eigenvalue weighted by Gasteiger charge is 2.16. The molecule has 1 aromatic heterocycles. The summed E-state index contributed by atoms with van der Waals surface area (Å²) in [5.74, 6) is 0. The van der Waals surface area contributed by atoms with E-state index >= 15 is 0 Å². The van der Waals surface area contributed by atoms with Gasteiger partial charge in [-0.1, -0.05) is 39.0 Å². The Morgan fingerprint density at radius 3 is 2.50 bits per heavy atom. The molecule has 18 heavy (non-hydrogen) atoms. The quantitative estimate of drug-likeness (QED) is 0.828. The minimum Gasteiger partial charge on any atom is -0.309 e. The van der Waals surface area contributed by atoms with Gasteiger partial charge in [-0.2, -0.15) is 0 Å². The first-order chi connectivity index (χ1) is 8.38. The molecule has 0 aliphatic rings. The SMILES string of the molecule is Cc1c(C(C)NCC(C)(C)C)sc2ccccc12. The van der Waals surface area contributed by atoms with Gasteiger partial charge in [0.15, 0.2) is 0 Å². The van der Waals surface area contributed by atoms with Crippen molar-refractivity contribution < 1.29 is 0 Å². The molecule has 0 spiro atoms. The minimum atomic E-state index is 0.332. The maximum Gasteiger partial charge on any atom is 0.0389 e. The largest absolute Gasteiger partial charge is 0.309 e. The third-order valence-corrected chi connectivity index (χ3v) is 4.67. The van der Waals surface area contributed by atoms with Crippen LogP contribution >= 0.6 is 11.3 Å². The number of thiophene rings is 1. The molecule has 2 aromatic rings. The van der Waals surface area contributed by atoms with E-state index in [4.69, 9.17) is 0 Å². The lowest BCUT2D eigenvalue weighted by Crippen LogP contribution is -2.29. The third kappa shape index (κ3) is 2.93. The van der Waals surface area contributed by atoms with Crippen molar-refractivity contribution in [3.63, 3.8) is 0 Å². The zero-order valence-corrected chi connectivity index (χ0v) is 12.8. The zero-order valence-electron chi connectivity index (χ0n) is 12.0. The van der Waals surface area contributed by atoms with Gasteiger partial charge < -0.3 is 5.32 Å². The van der Waals surface area contributed by atoms with E-state index in [1.807, 2.05) is 11.3 Å². The number of hydrogen-bond acceptors (Lipinski definition) is 2. The van der Waals surface area contributed by atoms with Crippen molar-refractivity contribution in [2.75, 3.05) is 6.54 Å². The molecule has 1 N–H and O–H groups in total. The van der Waals surface area contributed by atoms with Crippen LogP contribution in [0.2, 0.25) is 0 Å². The van der Waals surface area contributed by atoms with Crippen LogP contribution in [-0.2, 0) is 0 Å². The zero-order chi connectivity index (χ0) is 13.3. The molecule has 0 aliphatic carbocycles. The van der Waals surface area contributed by atoms with Gasteiger partial charge in [-0.25, -0.2) is 0 Å². The molecule has 1 nitrogen and oxygen atoms in total. The van der Waals surface area contributed by atoms with Crippen molar-refractivity contribution in [1.82, 2.24) is 5.32 Å². The Hall–Kier alpha value is -0.860. The van der Waals surface area contributed by atoms with Crippen molar-refractivity contribution in [3.8, 4) is 0 Å². The lowest BCUT2D eigenvalue weighted by molar-refractivity contribution is 0.360. The lowest BCUT2D eigenvalue weighted by atomic mass is 9.96. The van der Waals surface area contributed by atoms with Gasteiger partial charge >= 0.3 is 0 Å². The second-order valence-corrected chi connectivity index (χ2v) is 7.33. The highest BCUT2D eigenvalue weighted by Crippen LogP contribution is 2.34. The Bertz CT molecular complexity index is 534. The smallest absolute Gasteiger partial charge is 0.0389 e. The molecule has 0 saturated carbocycles. The Labute approximate surface area is 114 Å². The van der Waals surface area contributed by atoms with Crippen molar-refractivity contribution in [2.24, 2.45) is 5.41 Å². The maximum atomic E-state index is 3.65. The van der Waals surface area contributed by atoms with Crippen molar-refractivity contribution in [3.05, 3.63) is 34.7 Å². The summed E-state index contributed by atoms with van der Waals surface area (Å²) in [7, 11) is 0. The van der Waals surface area contributed by atoms with Gasteiger partial charge in [-0.05, 0) is 36.3 Å². The van der Waals surface area contributed by atoms with E-state index in [1.165, 1.54) is 20.5 Å². The van der Waals surface area contributed by atoms with Crippen LogP contribution in [0.1, 0.15) is 44.2 Å². The molecule has 1 unspecified atom stereocenters. The molecule has 0 amide bonds. The van der Waals surface area contributed by atoms with Gasteiger partial charge in [0.25, 0.3) is 0 Å². The van der Waals surface area contributed by atoms with Gasteiger partial charge in [0.2, 0.25) is 0 Å². The predicted octanol–water partition coefficient (Wildman–Crippen LogP) is 4.91. The summed E-state index contributed by atoms with van der Waals surface area (Å²) in [5.41, 5.74) is 1.77. The fourth-order valence-corrected chi connectivity index (χ4v) is 3.40. The summed E-state index contributed by atoms with van der Waals surface area (Å²) in [5, 5.41) is 5.06. The number of aryl methyl sites for hydroxylation is 1. The van der Waals surface area contributed by atoms with Gasteiger partial charge in [-0.3, -0.25) is 0 Å². The maximum absolute atomic E-state index is 3.65. The molecule has 0 bridgehead atoms. The van der Waals surface area contributed by atoms with Crippen LogP contribution in [0.5, 0.6) is 0 Å². The summed E-state index contributed by atoms with van der Waals surface area (Å²) < 4.78 is 1.40. The average Bonchev–Trinajstić information content (AvgIpc) is 2.64. The number of fused-ring (bicyclic) bond motifs is 1. The second kappa shape index (κ2) is 5.02. The molecule has 0 fully saturated rings. The lowest BCUT2D eigenvalue weighted by Gasteiger charge is -2.22. The highest BCUT2D eigenvalue weighted by molar-refractivity contribution is 7.19. The predicted molar refractivity (Wildman–Crippen MR) is 82.4 cm³/mol. The fourth-order valence-electron chi connectivity index (χ4n) is 2.16. The third-order valence-electron chi connectivity index (χ3n) is 3.21. The van der Waals surface area contributed by atoms with Gasteiger partial charge in [0.05, 0.1) is 0 Å². The van der Waals surface area contributed by atoms with Crippen LogP contribution in [0.25, 0.3) is 10.1 Å². The molecule has 1 aromatic carbocycles. The van der Waals surface area contributed by atoms with E-state index in [1.54, 1.807) is 0 Å². The molecule has 0 aliphatic heterocycles. The van der Waals surface area contributed by atoms with Crippen LogP contribution in [0.15, 0.2) is 24.3 Å². The van der Waals surface area contributed by atoms with Crippen LogP contribution in [-0.4, -0.2) is 6.54 Å². The average molecular weight is 261 g/mol. The number of rotatable bonds is 3. The normalized spacial score (nSPS) is 14.1. The monoisotopic (exact) mass is 261 g/mol. The first kappa shape index (κ1) is 13.6. The van der Waals surface area contributed by atoms with E-state index in [-0.39, 0.29) is 0 Å². The number of nitrogens with one attached hydrogen (secondary N) is 1. The minimum absolute atomic E-state index is 0.332. The van der Waals surface area contributed by atoms with Crippen LogP contribution in [0.4, 0.5) is 0 Å². The highest BCUT2D eigenvalue weighted by atomic mass is 32.1. The molecule has 0 saturated heterocycles. The molecule has 2 rings (SSSR count). The summed E-state index contributed by atoms with van der Waals surface area (Å²) in [6.45, 7) is 12.4. The summed E-state index contributed by atoms with van der Waals surface area (Å²) in [6.07, 6.45) is 0. The van der Waals surface area contributed by atoms with E-state index in [0.717, 1.165) is 6.54 Å². The Morgan fingerprint density at radius 1 is 1.22 bits per heavy atom. The van der Waals surface area contributed by atoms with Gasteiger partial charge in [-0.15, -0.1) is 11.3 Å². The van der Waals surface area contributed by atoms with E-state index in [0.29, 0.717) is 11.5 Å². The standard InChI is InChI=1S/C16H23NS/c1-11-13-8-6-7-9-14(13)18-15(11)12(2)17-10-16(3,4)5/h6-9,12,17H,10H2,1-5H3. The summed E-state index contributed by atoms with van der Waals surface area (Å²) in [4.78, 5) is 1.47. The number of hydrogen-bond donors (Lipinski definition) is 1. The van der Waals surface area contributed by atoms with E-state index < -0.39 is 0 Å². The molecule has 1 heterocycles. The molecule has 98 valence electrons. The van der Waals surface area contributed by atoms with Crippen LogP contribution in [0.3, 0.4) is 0 Å². The molecular weight excluding hydrogens is 238 g/mol. The molecular formula is C16H23NS. The Morgan fingerprint density at radius 2 is 1.89 bits per heavy atom. The van der Waals surface area contributed by atoms with Crippen molar-refractivity contribution >= 4 is 21.4 Å². The summed E-state index contributed by atoms with van der Waals surface area (Å²) in [6, 6.07) is 9.12. The second-order valence-electron chi connectivity index (χ2n) is 6.25. The van der Waals surface area contributed by atoms with E-state index in [2.05, 4.69) is 64.2 Å². The van der Waals surface area contributed by atoms with E-state index in [9.17, 15) is 0 Å². The first-order valence-electron chi connectivity index (χ1n) is 6.60. The fraction of sp³-hybridized carbons (Fsp3) is 0.500. The van der Waals surface area contributed by atoms with Crippen molar-refractivity contribution in [2.45, 2.75) is 40.7 Å². The van der Waals surface area contributed by atoms with Crippen LogP contribution in [0, 0.1) is 12.3 Å². The topological polar surface area (TPSA) is 12.0 Å². The van der Waals surface area contributed by atoms with Crippen LogP contribution < -0.4 is 5.32 Å². The first-order valence-corrected chi connectivity index (χ1v) is 7.41. The van der Waals surface area contributed by atoms with Crippen molar-refractivity contribution in [1.29, 1.82) is 0 Å². The molecule has 0 radical (unpaired) electrons. The molecule has 2 heteroatoms. The van der Waals surface area contributed by atoms with Gasteiger partial charge in [0.1, 0.15) is 0 Å². The number of benzene rings is 1.